The molecular formula is C12H12OS. The van der Waals surface area contributed by atoms with E-state index in [2.05, 4.69) is 18.7 Å². The minimum Gasteiger partial charge on any atom is -0.380 e. The van der Waals surface area contributed by atoms with Crippen molar-refractivity contribution in [2.45, 2.75) is 12.5 Å². The molecule has 0 aliphatic heterocycles. The van der Waals surface area contributed by atoms with Crippen LogP contribution >= 0.6 is 11.3 Å². The van der Waals surface area contributed by atoms with Crippen LogP contribution in [0.5, 0.6) is 0 Å². The third-order valence-corrected chi connectivity index (χ3v) is 3.66. The Morgan fingerprint density at radius 1 is 1.43 bits per heavy atom. The molecule has 1 unspecified atom stereocenters. The van der Waals surface area contributed by atoms with Crippen LogP contribution in [0, 0.1) is 0 Å². The maximum Gasteiger partial charge on any atom is 0.114 e. The van der Waals surface area contributed by atoms with E-state index in [9.17, 15) is 5.11 Å². The zero-order chi connectivity index (χ0) is 10.2. The second-order valence-corrected chi connectivity index (χ2v) is 4.58. The first kappa shape index (κ1) is 9.44. The summed E-state index contributed by atoms with van der Waals surface area (Å²) < 4.78 is 1.20. The van der Waals surface area contributed by atoms with E-state index in [1.165, 1.54) is 10.1 Å². The average Bonchev–Trinajstić information content (AvgIpc) is 2.61. The van der Waals surface area contributed by atoms with E-state index < -0.39 is 5.60 Å². The van der Waals surface area contributed by atoms with Crippen LogP contribution in [0.4, 0.5) is 0 Å². The Labute approximate surface area is 87.3 Å². The zero-order valence-electron chi connectivity index (χ0n) is 8.03. The average molecular weight is 204 g/mol. The molecule has 0 saturated heterocycles. The minimum atomic E-state index is -0.913. The van der Waals surface area contributed by atoms with Crippen LogP contribution in [0.2, 0.25) is 0 Å². The van der Waals surface area contributed by atoms with E-state index >= 15 is 0 Å². The van der Waals surface area contributed by atoms with E-state index in [4.69, 9.17) is 0 Å². The largest absolute Gasteiger partial charge is 0.380 e. The molecule has 1 nitrogen and oxygen atoms in total. The fraction of sp³-hybridized carbons (Fsp3) is 0.167. The molecule has 1 aromatic carbocycles. The van der Waals surface area contributed by atoms with Crippen molar-refractivity contribution in [3.8, 4) is 0 Å². The number of aliphatic hydroxyl groups is 1. The van der Waals surface area contributed by atoms with Gasteiger partial charge in [-0.25, -0.2) is 0 Å². The van der Waals surface area contributed by atoms with Crippen molar-refractivity contribution in [2.24, 2.45) is 0 Å². The van der Waals surface area contributed by atoms with Crippen LogP contribution in [-0.4, -0.2) is 5.11 Å². The van der Waals surface area contributed by atoms with Crippen LogP contribution in [-0.2, 0) is 5.60 Å². The van der Waals surface area contributed by atoms with Gasteiger partial charge in [0.1, 0.15) is 5.60 Å². The fourth-order valence-electron chi connectivity index (χ4n) is 1.33. The molecule has 0 aliphatic rings. The smallest absolute Gasteiger partial charge is 0.114 e. The maximum atomic E-state index is 9.99. The van der Waals surface area contributed by atoms with Gasteiger partial charge < -0.3 is 5.11 Å². The molecular weight excluding hydrogens is 192 g/mol. The highest BCUT2D eigenvalue weighted by atomic mass is 32.1. The first-order valence-corrected chi connectivity index (χ1v) is 5.30. The second-order valence-electron chi connectivity index (χ2n) is 3.50. The van der Waals surface area contributed by atoms with Gasteiger partial charge in [0.25, 0.3) is 0 Å². The molecule has 1 N–H and O–H groups in total. The summed E-state index contributed by atoms with van der Waals surface area (Å²) >= 11 is 1.61. The Balaban J connectivity index is 2.60. The minimum absolute atomic E-state index is 0.913. The van der Waals surface area contributed by atoms with Crippen molar-refractivity contribution >= 4 is 21.4 Å². The Morgan fingerprint density at radius 3 is 2.79 bits per heavy atom. The zero-order valence-corrected chi connectivity index (χ0v) is 8.84. The van der Waals surface area contributed by atoms with Crippen LogP contribution in [0.1, 0.15) is 11.8 Å². The van der Waals surface area contributed by atoms with Crippen LogP contribution < -0.4 is 0 Å². The van der Waals surface area contributed by atoms with Crippen LogP contribution in [0.3, 0.4) is 0 Å². The molecule has 1 heterocycles. The van der Waals surface area contributed by atoms with Gasteiger partial charge in [0, 0.05) is 9.58 Å². The topological polar surface area (TPSA) is 20.2 Å². The summed E-state index contributed by atoms with van der Waals surface area (Å²) in [7, 11) is 0. The number of thiophene rings is 1. The highest BCUT2D eigenvalue weighted by Crippen LogP contribution is 2.33. The molecule has 0 aliphatic carbocycles. The van der Waals surface area contributed by atoms with Gasteiger partial charge in [-0.15, -0.1) is 11.3 Å². The predicted octanol–water partition coefficient (Wildman–Crippen LogP) is 3.29. The highest BCUT2D eigenvalue weighted by molar-refractivity contribution is 7.19. The van der Waals surface area contributed by atoms with Gasteiger partial charge in [0.15, 0.2) is 0 Å². The van der Waals surface area contributed by atoms with Gasteiger partial charge in [0.2, 0.25) is 0 Å². The molecule has 0 fully saturated rings. The summed E-state index contributed by atoms with van der Waals surface area (Å²) in [6, 6.07) is 10.1. The van der Waals surface area contributed by atoms with E-state index in [1.54, 1.807) is 24.3 Å². The standard InChI is InChI=1S/C12H12OS/c1-3-12(2,13)11-8-9-6-4-5-7-10(9)14-11/h3-8,13H,1H2,2H3. The lowest BCUT2D eigenvalue weighted by molar-refractivity contribution is 0.116. The number of benzene rings is 1. The first-order chi connectivity index (χ1) is 6.63. The lowest BCUT2D eigenvalue weighted by Gasteiger charge is -2.15. The first-order valence-electron chi connectivity index (χ1n) is 4.48. The quantitative estimate of drug-likeness (QED) is 0.744. The molecule has 0 spiro atoms. The van der Waals surface area contributed by atoms with Gasteiger partial charge in [-0.2, -0.15) is 0 Å². The number of rotatable bonds is 2. The van der Waals surface area contributed by atoms with Crippen molar-refractivity contribution in [3.05, 3.63) is 47.9 Å². The normalized spacial score (nSPS) is 15.3. The summed E-state index contributed by atoms with van der Waals surface area (Å²) in [6.07, 6.45) is 1.57. The third kappa shape index (κ3) is 1.47. The monoisotopic (exact) mass is 204 g/mol. The molecule has 72 valence electrons. The lowest BCUT2D eigenvalue weighted by Crippen LogP contribution is -2.14. The second kappa shape index (κ2) is 3.23. The number of hydrogen-bond acceptors (Lipinski definition) is 2. The predicted molar refractivity (Wildman–Crippen MR) is 61.6 cm³/mol. The van der Waals surface area contributed by atoms with Gasteiger partial charge in [-0.1, -0.05) is 30.9 Å². The SMILES string of the molecule is C=CC(C)(O)c1cc2ccccc2s1. The number of fused-ring (bicyclic) bond motifs is 1. The van der Waals surface area contributed by atoms with E-state index in [-0.39, 0.29) is 0 Å². The van der Waals surface area contributed by atoms with Crippen molar-refractivity contribution < 1.29 is 5.11 Å². The Morgan fingerprint density at radius 2 is 2.14 bits per heavy atom. The molecule has 0 saturated carbocycles. The van der Waals surface area contributed by atoms with E-state index in [0.29, 0.717) is 0 Å². The molecule has 1 aromatic heterocycles. The van der Waals surface area contributed by atoms with Gasteiger partial charge in [-0.3, -0.25) is 0 Å². The summed E-state index contributed by atoms with van der Waals surface area (Å²) in [5.74, 6) is 0. The summed E-state index contributed by atoms with van der Waals surface area (Å²) in [4.78, 5) is 0.939. The fourth-order valence-corrected chi connectivity index (χ4v) is 2.44. The van der Waals surface area contributed by atoms with Crippen molar-refractivity contribution in [1.82, 2.24) is 0 Å². The van der Waals surface area contributed by atoms with Crippen molar-refractivity contribution in [2.75, 3.05) is 0 Å². The van der Waals surface area contributed by atoms with Gasteiger partial charge in [0.05, 0.1) is 0 Å². The molecule has 0 bridgehead atoms. The molecule has 2 heteroatoms. The molecule has 2 rings (SSSR count). The molecule has 14 heavy (non-hydrogen) atoms. The molecule has 0 radical (unpaired) electrons. The summed E-state index contributed by atoms with van der Waals surface area (Å²) in [5, 5.41) is 11.2. The highest BCUT2D eigenvalue weighted by Gasteiger charge is 2.20. The summed E-state index contributed by atoms with van der Waals surface area (Å²) in [6.45, 7) is 5.39. The van der Waals surface area contributed by atoms with Crippen LogP contribution in [0.15, 0.2) is 43.0 Å². The number of hydrogen-bond donors (Lipinski definition) is 1. The van der Waals surface area contributed by atoms with Crippen molar-refractivity contribution in [3.63, 3.8) is 0 Å². The Bertz CT molecular complexity index is 435. The molecule has 1 atom stereocenters. The Kier molecular flexibility index (Phi) is 2.17. The molecule has 2 aromatic rings. The van der Waals surface area contributed by atoms with E-state index in [1.807, 2.05) is 18.2 Å². The van der Waals surface area contributed by atoms with Crippen molar-refractivity contribution in [1.29, 1.82) is 0 Å². The summed E-state index contributed by atoms with van der Waals surface area (Å²) in [5.41, 5.74) is -0.913. The van der Waals surface area contributed by atoms with Gasteiger partial charge in [-0.05, 0) is 24.4 Å². The van der Waals surface area contributed by atoms with Gasteiger partial charge >= 0.3 is 0 Å². The van der Waals surface area contributed by atoms with Crippen LogP contribution in [0.25, 0.3) is 10.1 Å². The van der Waals surface area contributed by atoms with E-state index in [0.717, 1.165) is 4.88 Å². The molecule has 0 amide bonds. The lowest BCUT2D eigenvalue weighted by atomic mass is 10.1. The third-order valence-electron chi connectivity index (χ3n) is 2.32. The Hall–Kier alpha value is -1.12. The maximum absolute atomic E-state index is 9.99.